The molecule has 0 rings (SSSR count). The van der Waals surface area contributed by atoms with Crippen molar-refractivity contribution in [3.05, 3.63) is 0 Å². The molecule has 0 spiro atoms. The molecule has 24 heavy (non-hydrogen) atoms. The molecule has 0 unspecified atom stereocenters. The van der Waals surface area contributed by atoms with Crippen LogP contribution in [0.5, 0.6) is 0 Å². The molecule has 0 aliphatic rings. The monoisotopic (exact) mass is 616 g/mol. The van der Waals surface area contributed by atoms with Crippen LogP contribution in [0.25, 0.3) is 0 Å². The molecule has 0 aromatic carbocycles. The third kappa shape index (κ3) is 260. The fourth-order valence-corrected chi connectivity index (χ4v) is 0. The summed E-state index contributed by atoms with van der Waals surface area (Å²) in [6.07, 6.45) is 0. The molecule has 0 N–H and O–H groups in total. The predicted molar refractivity (Wildman–Crippen MR) is 50.4 cm³/mol. The van der Waals surface area contributed by atoms with E-state index in [2.05, 4.69) is 48.9 Å². The van der Waals surface area contributed by atoms with Gasteiger partial charge in [-0.15, -0.1) is 69.8 Å². The molecular formula is C4K8O8S4. The van der Waals surface area contributed by atoms with Gasteiger partial charge in [-0.25, -0.2) is 0 Å². The first-order valence-corrected chi connectivity index (χ1v) is 4.08. The van der Waals surface area contributed by atoms with Crippen molar-refractivity contribution in [1.82, 2.24) is 0 Å². The summed E-state index contributed by atoms with van der Waals surface area (Å²) < 4.78 is 0. The van der Waals surface area contributed by atoms with Crippen LogP contribution < -0.4 is 452 Å². The van der Waals surface area contributed by atoms with Gasteiger partial charge >= 0.3 is 411 Å². The van der Waals surface area contributed by atoms with Crippen molar-refractivity contribution in [3.63, 3.8) is 0 Å². The van der Waals surface area contributed by atoms with Gasteiger partial charge in [0.15, 0.2) is 0 Å². The van der Waals surface area contributed by atoms with Crippen molar-refractivity contribution in [2.75, 3.05) is 0 Å². The summed E-state index contributed by atoms with van der Waals surface area (Å²) in [6, 6.07) is 0. The number of thiocarbonyl (C=S) groups is 4. The minimum atomic E-state index is -1.50. The van der Waals surface area contributed by atoms with Gasteiger partial charge in [0.1, 0.15) is 0 Å². The molecule has 8 nitrogen and oxygen atoms in total. The van der Waals surface area contributed by atoms with Crippen LogP contribution in [0.4, 0.5) is 0 Å². The summed E-state index contributed by atoms with van der Waals surface area (Å²) in [6.45, 7) is 0. The molecule has 0 aliphatic heterocycles. The van der Waals surface area contributed by atoms with Crippen molar-refractivity contribution < 1.29 is 452 Å². The zero-order valence-electron chi connectivity index (χ0n) is 14.9. The molecule has 0 aromatic heterocycles. The maximum Gasteiger partial charge on any atom is 1.00 e. The minimum absolute atomic E-state index is 0. The predicted octanol–water partition coefficient (Wildman–Crippen LogP) is -32.0. The smallest absolute Gasteiger partial charge is 0.876 e. The number of hydrogen-bond donors (Lipinski definition) is 0. The first kappa shape index (κ1) is 76.5. The van der Waals surface area contributed by atoms with Crippen LogP contribution in [0.3, 0.4) is 0 Å². The van der Waals surface area contributed by atoms with Gasteiger partial charge < -0.3 is 40.9 Å². The molecule has 0 amide bonds. The fraction of sp³-hybridized carbons (Fsp3) is 0. The van der Waals surface area contributed by atoms with Crippen molar-refractivity contribution in [2.45, 2.75) is 0 Å². The quantitative estimate of drug-likeness (QED) is 0.185. The molecule has 0 heterocycles. The van der Waals surface area contributed by atoms with Crippen LogP contribution in [0, 0.1) is 0 Å². The second-order valence-electron chi connectivity index (χ2n) is 1.00. The van der Waals surface area contributed by atoms with Crippen LogP contribution in [0.1, 0.15) is 0 Å². The van der Waals surface area contributed by atoms with E-state index in [1.54, 1.807) is 0 Å². The summed E-state index contributed by atoms with van der Waals surface area (Å²) in [5.41, 5.74) is 0. The van der Waals surface area contributed by atoms with Crippen molar-refractivity contribution in [3.8, 4) is 0 Å². The molecule has 96 valence electrons. The van der Waals surface area contributed by atoms with Gasteiger partial charge in [-0.1, -0.05) is 0 Å². The first-order chi connectivity index (χ1) is 6.93. The van der Waals surface area contributed by atoms with E-state index in [1.807, 2.05) is 0 Å². The fourth-order valence-electron chi connectivity index (χ4n) is 0. The zero-order chi connectivity index (χ0) is 14.3. The molecule has 0 saturated heterocycles. The van der Waals surface area contributed by atoms with Crippen molar-refractivity contribution >= 4 is 69.8 Å². The van der Waals surface area contributed by atoms with E-state index in [0.29, 0.717) is 0 Å². The first-order valence-electron chi connectivity index (χ1n) is 2.45. The average molecular weight is 617 g/mol. The molecule has 0 bridgehead atoms. The SMILES string of the molecule is [K+].[K+].[K+].[K+].[K+].[K+].[K+].[K+].[O-]C([O-])=S.[O-]C([O-])=S.[O-]C([O-])=S.[O-]C([O-])=S. The Kier molecular flexibility index (Phi) is 224. The van der Waals surface area contributed by atoms with E-state index < -0.39 is 20.9 Å². The number of hydrogen-bond acceptors (Lipinski definition) is 12. The van der Waals surface area contributed by atoms with E-state index in [9.17, 15) is 0 Å². The summed E-state index contributed by atoms with van der Waals surface area (Å²) in [4.78, 5) is 0. The Labute approximate surface area is 502 Å². The molecule has 0 aliphatic carbocycles. The van der Waals surface area contributed by atoms with Gasteiger partial charge in [-0.3, -0.25) is 0 Å². The van der Waals surface area contributed by atoms with Crippen LogP contribution in [0.15, 0.2) is 0 Å². The Morgan fingerprint density at radius 2 is 0.292 bits per heavy atom. The molecule has 20 heteroatoms. The van der Waals surface area contributed by atoms with Gasteiger partial charge in [0.05, 0.1) is 0 Å². The topological polar surface area (TPSA) is 184 Å². The van der Waals surface area contributed by atoms with E-state index in [4.69, 9.17) is 40.9 Å². The summed E-state index contributed by atoms with van der Waals surface area (Å²) >= 11 is 13.7. The Morgan fingerprint density at radius 1 is 0.292 bits per heavy atom. The van der Waals surface area contributed by atoms with Gasteiger partial charge in [0, 0.05) is 0 Å². The van der Waals surface area contributed by atoms with E-state index in [0.717, 1.165) is 0 Å². The summed E-state index contributed by atoms with van der Waals surface area (Å²) in [7, 11) is 0. The largest absolute Gasteiger partial charge is 1.00 e. The standard InChI is InChI=1S/4CH2O2S.8K/c4*2-1(3)4;;;;;;;;/h4*(H2,2,3,4);;;;;;;;/q;;;;8*+1/p-8. The number of rotatable bonds is 0. The van der Waals surface area contributed by atoms with Crippen molar-refractivity contribution in [2.24, 2.45) is 0 Å². The average Bonchev–Trinajstić information content (AvgIpc) is 1.76. The maximum atomic E-state index is 8.70. The molecule has 0 saturated carbocycles. The Morgan fingerprint density at radius 3 is 0.292 bits per heavy atom. The van der Waals surface area contributed by atoms with E-state index in [-0.39, 0.29) is 411 Å². The van der Waals surface area contributed by atoms with E-state index in [1.165, 1.54) is 0 Å². The maximum absolute atomic E-state index is 8.70. The van der Waals surface area contributed by atoms with E-state index >= 15 is 0 Å². The normalized spacial score (nSPS) is 4.00. The summed E-state index contributed by atoms with van der Waals surface area (Å²) in [5, 5.41) is 63.6. The Balaban J connectivity index is -0.00000000720. The molecule has 0 radical (unpaired) electrons. The second kappa shape index (κ2) is 70.2. The zero-order valence-corrected chi connectivity index (χ0v) is 43.1. The van der Waals surface area contributed by atoms with Crippen molar-refractivity contribution in [1.29, 1.82) is 0 Å². The van der Waals surface area contributed by atoms with Gasteiger partial charge in [-0.05, 0) is 0 Å². The molecule has 0 aromatic rings. The third-order valence-corrected chi connectivity index (χ3v) is 0. The molecule has 0 atom stereocenters. The second-order valence-corrected chi connectivity index (χ2v) is 2.33. The van der Waals surface area contributed by atoms with Gasteiger partial charge in [0.2, 0.25) is 0 Å². The van der Waals surface area contributed by atoms with Gasteiger partial charge in [0.25, 0.3) is 0 Å². The van der Waals surface area contributed by atoms with Crippen LogP contribution in [-0.2, 0) is 0 Å². The molecular weight excluding hydrogens is 617 g/mol. The van der Waals surface area contributed by atoms with Crippen LogP contribution >= 0.6 is 48.9 Å². The summed E-state index contributed by atoms with van der Waals surface area (Å²) in [5.74, 6) is 0. The Hall–Kier alpha value is 11.9. The van der Waals surface area contributed by atoms with Crippen LogP contribution in [0.2, 0.25) is 0 Å². The Bertz CT molecular complexity index is 186. The third-order valence-electron chi connectivity index (χ3n) is 0. The van der Waals surface area contributed by atoms with Crippen LogP contribution in [-0.4, -0.2) is 20.9 Å². The molecule has 0 fully saturated rings. The van der Waals surface area contributed by atoms with Gasteiger partial charge in [-0.2, -0.15) is 0 Å². The minimum Gasteiger partial charge on any atom is -0.876 e.